The van der Waals surface area contributed by atoms with Gasteiger partial charge in [-0.1, -0.05) is 31.0 Å². The Hall–Kier alpha value is -1.61. The van der Waals surface area contributed by atoms with Crippen molar-refractivity contribution in [3.05, 3.63) is 35.9 Å². The molecule has 1 aliphatic rings. The van der Waals surface area contributed by atoms with E-state index in [2.05, 4.69) is 42.2 Å². The molecule has 106 valence electrons. The fraction of sp³-hybridized carbons (Fsp3) is 0.471. The monoisotopic (exact) mass is 269 g/mol. The summed E-state index contributed by atoms with van der Waals surface area (Å²) >= 11 is 0. The first kappa shape index (κ1) is 13.4. The summed E-state index contributed by atoms with van der Waals surface area (Å²) in [4.78, 5) is 7.35. The number of nitrogens with two attached hydrogens (primary N) is 1. The first-order valence-corrected chi connectivity index (χ1v) is 7.62. The van der Waals surface area contributed by atoms with E-state index in [1.54, 1.807) is 0 Å². The molecule has 0 aliphatic heterocycles. The van der Waals surface area contributed by atoms with Crippen LogP contribution in [0.2, 0.25) is 0 Å². The molecule has 3 heteroatoms. The number of rotatable bonds is 4. The minimum atomic E-state index is 0.617. The van der Waals surface area contributed by atoms with Gasteiger partial charge in [0.2, 0.25) is 0 Å². The van der Waals surface area contributed by atoms with E-state index in [0.29, 0.717) is 12.6 Å². The summed E-state index contributed by atoms with van der Waals surface area (Å²) in [5, 5.41) is 1.22. The Labute approximate surface area is 120 Å². The maximum atomic E-state index is 5.83. The third-order valence-corrected chi connectivity index (χ3v) is 4.30. The number of hydrogen-bond donors (Lipinski definition) is 1. The predicted molar refractivity (Wildman–Crippen MR) is 85.1 cm³/mol. The molecule has 2 aromatic rings. The summed E-state index contributed by atoms with van der Waals surface area (Å²) in [5.41, 5.74) is 8.16. The Morgan fingerprint density at radius 3 is 2.75 bits per heavy atom. The molecule has 0 spiro atoms. The lowest BCUT2D eigenvalue weighted by Gasteiger charge is -2.31. The average Bonchev–Trinajstić information content (AvgIpc) is 2.98. The highest BCUT2D eigenvalue weighted by Crippen LogP contribution is 2.30. The van der Waals surface area contributed by atoms with Crippen LogP contribution in [0.1, 0.15) is 31.2 Å². The van der Waals surface area contributed by atoms with Crippen LogP contribution in [0, 0.1) is 6.92 Å². The number of aryl methyl sites for hydroxylation is 1. The third-order valence-electron chi connectivity index (χ3n) is 4.30. The van der Waals surface area contributed by atoms with Gasteiger partial charge < -0.3 is 10.6 Å². The quantitative estimate of drug-likeness (QED) is 0.926. The molecule has 0 unspecified atom stereocenters. The zero-order valence-corrected chi connectivity index (χ0v) is 12.2. The third kappa shape index (κ3) is 2.50. The van der Waals surface area contributed by atoms with E-state index in [0.717, 1.165) is 17.9 Å². The van der Waals surface area contributed by atoms with Crippen LogP contribution in [0.3, 0.4) is 0 Å². The fourth-order valence-electron chi connectivity index (χ4n) is 3.32. The summed E-state index contributed by atoms with van der Waals surface area (Å²) in [6.07, 6.45) is 5.21. The van der Waals surface area contributed by atoms with Crippen LogP contribution < -0.4 is 10.6 Å². The van der Waals surface area contributed by atoms with E-state index in [1.807, 2.05) is 0 Å². The van der Waals surface area contributed by atoms with E-state index in [-0.39, 0.29) is 0 Å². The molecule has 2 N–H and O–H groups in total. The SMILES string of the molecule is Cc1cc2ccccc2nc1N(CCN)C1CCCC1. The van der Waals surface area contributed by atoms with Crippen molar-refractivity contribution in [1.82, 2.24) is 4.98 Å². The Kier molecular flexibility index (Phi) is 3.88. The minimum Gasteiger partial charge on any atom is -0.352 e. The first-order chi connectivity index (χ1) is 9.79. The van der Waals surface area contributed by atoms with Crippen LogP contribution in [0.15, 0.2) is 30.3 Å². The van der Waals surface area contributed by atoms with Gasteiger partial charge in [-0.05, 0) is 37.5 Å². The summed E-state index contributed by atoms with van der Waals surface area (Å²) in [7, 11) is 0. The number of pyridine rings is 1. The highest BCUT2D eigenvalue weighted by atomic mass is 15.2. The lowest BCUT2D eigenvalue weighted by molar-refractivity contribution is 0.601. The van der Waals surface area contributed by atoms with Gasteiger partial charge in [0.25, 0.3) is 0 Å². The topological polar surface area (TPSA) is 42.2 Å². The second kappa shape index (κ2) is 5.80. The van der Waals surface area contributed by atoms with E-state index in [9.17, 15) is 0 Å². The Bertz CT molecular complexity index is 588. The van der Waals surface area contributed by atoms with Gasteiger partial charge in [-0.25, -0.2) is 4.98 Å². The molecule has 0 radical (unpaired) electrons. The van der Waals surface area contributed by atoms with E-state index in [4.69, 9.17) is 10.7 Å². The Morgan fingerprint density at radius 2 is 2.00 bits per heavy atom. The summed E-state index contributed by atoms with van der Waals surface area (Å²) in [6.45, 7) is 3.74. The molecule has 1 saturated carbocycles. The number of benzene rings is 1. The largest absolute Gasteiger partial charge is 0.352 e. The molecule has 3 rings (SSSR count). The number of fused-ring (bicyclic) bond motifs is 1. The number of anilines is 1. The highest BCUT2D eigenvalue weighted by molar-refractivity contribution is 5.81. The molecule has 1 aliphatic carbocycles. The molecular formula is C17H23N3. The Morgan fingerprint density at radius 1 is 1.25 bits per heavy atom. The zero-order chi connectivity index (χ0) is 13.9. The molecular weight excluding hydrogens is 246 g/mol. The second-order valence-electron chi connectivity index (χ2n) is 5.74. The molecule has 0 bridgehead atoms. The van der Waals surface area contributed by atoms with Crippen molar-refractivity contribution in [3.8, 4) is 0 Å². The standard InChI is InChI=1S/C17H23N3/c1-13-12-14-6-2-5-9-16(14)19-17(13)20(11-10-18)15-7-3-4-8-15/h2,5-6,9,12,15H,3-4,7-8,10-11,18H2,1H3. The lowest BCUT2D eigenvalue weighted by atomic mass is 10.1. The smallest absolute Gasteiger partial charge is 0.132 e. The maximum Gasteiger partial charge on any atom is 0.132 e. The minimum absolute atomic E-state index is 0.617. The molecule has 1 fully saturated rings. The number of hydrogen-bond acceptors (Lipinski definition) is 3. The van der Waals surface area contributed by atoms with Crippen LogP contribution in [0.5, 0.6) is 0 Å². The molecule has 0 saturated heterocycles. The van der Waals surface area contributed by atoms with Gasteiger partial charge in [-0.15, -0.1) is 0 Å². The van der Waals surface area contributed by atoms with E-state index in [1.165, 1.54) is 36.6 Å². The number of para-hydroxylation sites is 1. The van der Waals surface area contributed by atoms with Gasteiger partial charge in [0.15, 0.2) is 0 Å². The van der Waals surface area contributed by atoms with Crippen molar-refractivity contribution in [3.63, 3.8) is 0 Å². The number of nitrogens with zero attached hydrogens (tertiary/aromatic N) is 2. The Balaban J connectivity index is 2.02. The molecule has 1 heterocycles. The van der Waals surface area contributed by atoms with Crippen LogP contribution >= 0.6 is 0 Å². The average molecular weight is 269 g/mol. The van der Waals surface area contributed by atoms with Gasteiger partial charge in [0.1, 0.15) is 5.82 Å². The van der Waals surface area contributed by atoms with Crippen LogP contribution in [0.25, 0.3) is 10.9 Å². The first-order valence-electron chi connectivity index (χ1n) is 7.62. The highest BCUT2D eigenvalue weighted by Gasteiger charge is 2.24. The molecule has 0 amide bonds. The lowest BCUT2D eigenvalue weighted by Crippen LogP contribution is -2.38. The molecule has 1 aromatic carbocycles. The van der Waals surface area contributed by atoms with Crippen LogP contribution in [-0.2, 0) is 0 Å². The van der Waals surface area contributed by atoms with Gasteiger partial charge in [0.05, 0.1) is 5.52 Å². The van der Waals surface area contributed by atoms with Gasteiger partial charge >= 0.3 is 0 Å². The van der Waals surface area contributed by atoms with Gasteiger partial charge in [-0.2, -0.15) is 0 Å². The fourth-order valence-corrected chi connectivity index (χ4v) is 3.32. The molecule has 20 heavy (non-hydrogen) atoms. The normalized spacial score (nSPS) is 15.9. The number of aromatic nitrogens is 1. The van der Waals surface area contributed by atoms with Crippen molar-refractivity contribution in [2.75, 3.05) is 18.0 Å². The van der Waals surface area contributed by atoms with Crippen LogP contribution in [0.4, 0.5) is 5.82 Å². The van der Waals surface area contributed by atoms with E-state index < -0.39 is 0 Å². The van der Waals surface area contributed by atoms with Crippen molar-refractivity contribution < 1.29 is 0 Å². The molecule has 1 aromatic heterocycles. The molecule has 0 atom stereocenters. The van der Waals surface area contributed by atoms with Gasteiger partial charge in [0, 0.05) is 24.5 Å². The predicted octanol–water partition coefficient (Wildman–Crippen LogP) is 3.25. The second-order valence-corrected chi connectivity index (χ2v) is 5.74. The van der Waals surface area contributed by atoms with Crippen molar-refractivity contribution in [2.45, 2.75) is 38.6 Å². The summed E-state index contributed by atoms with van der Waals surface area (Å²) in [5.74, 6) is 1.13. The summed E-state index contributed by atoms with van der Waals surface area (Å²) < 4.78 is 0. The zero-order valence-electron chi connectivity index (χ0n) is 12.2. The van der Waals surface area contributed by atoms with E-state index >= 15 is 0 Å². The van der Waals surface area contributed by atoms with Gasteiger partial charge in [-0.3, -0.25) is 0 Å². The summed E-state index contributed by atoms with van der Waals surface area (Å²) in [6, 6.07) is 11.2. The van der Waals surface area contributed by atoms with Crippen molar-refractivity contribution in [1.29, 1.82) is 0 Å². The maximum absolute atomic E-state index is 5.83. The van der Waals surface area contributed by atoms with Crippen molar-refractivity contribution in [2.24, 2.45) is 5.73 Å². The molecule has 3 nitrogen and oxygen atoms in total. The van der Waals surface area contributed by atoms with Crippen molar-refractivity contribution >= 4 is 16.7 Å². The van der Waals surface area contributed by atoms with Crippen LogP contribution in [-0.4, -0.2) is 24.1 Å².